The van der Waals surface area contributed by atoms with E-state index in [9.17, 15) is 14.0 Å². The van der Waals surface area contributed by atoms with Gasteiger partial charge in [0, 0.05) is 22.8 Å². The van der Waals surface area contributed by atoms with E-state index >= 15 is 0 Å². The number of carbonyl (C=O) groups excluding carboxylic acids is 2. The van der Waals surface area contributed by atoms with Crippen LogP contribution in [0.3, 0.4) is 0 Å². The zero-order chi connectivity index (χ0) is 22.4. The number of benzene rings is 3. The largest absolute Gasteiger partial charge is 0.398 e. The van der Waals surface area contributed by atoms with Crippen molar-refractivity contribution in [3.63, 3.8) is 0 Å². The summed E-state index contributed by atoms with van der Waals surface area (Å²) in [5, 5.41) is 14.7. The summed E-state index contributed by atoms with van der Waals surface area (Å²) in [7, 11) is 0. The number of halogens is 2. The van der Waals surface area contributed by atoms with Crippen LogP contribution in [0.1, 0.15) is 33.1 Å². The lowest BCUT2D eigenvalue weighted by Gasteiger charge is -2.19. The molecule has 1 unspecified atom stereocenters. The minimum atomic E-state index is -1.06. The monoisotopic (exact) mass is 436 g/mol. The fourth-order valence-corrected chi connectivity index (χ4v) is 3.02. The van der Waals surface area contributed by atoms with E-state index in [2.05, 4.69) is 10.6 Å². The highest BCUT2D eigenvalue weighted by molar-refractivity contribution is 6.30. The van der Waals surface area contributed by atoms with Crippen LogP contribution in [0, 0.1) is 17.1 Å². The predicted octanol–water partition coefficient (Wildman–Crippen LogP) is 3.72. The molecule has 0 fully saturated rings. The van der Waals surface area contributed by atoms with Crippen LogP contribution in [0.25, 0.3) is 0 Å². The first-order chi connectivity index (χ1) is 14.9. The minimum absolute atomic E-state index is 0.0180. The molecule has 8 heteroatoms. The van der Waals surface area contributed by atoms with Gasteiger partial charge >= 0.3 is 0 Å². The van der Waals surface area contributed by atoms with Gasteiger partial charge in [-0.3, -0.25) is 9.59 Å². The Morgan fingerprint density at radius 2 is 1.81 bits per heavy atom. The van der Waals surface area contributed by atoms with E-state index in [4.69, 9.17) is 22.6 Å². The van der Waals surface area contributed by atoms with E-state index in [0.29, 0.717) is 16.3 Å². The van der Waals surface area contributed by atoms with Crippen molar-refractivity contribution in [2.24, 2.45) is 0 Å². The van der Waals surface area contributed by atoms with E-state index in [1.807, 2.05) is 0 Å². The maximum atomic E-state index is 13.9. The van der Waals surface area contributed by atoms with E-state index in [1.165, 1.54) is 12.1 Å². The molecule has 156 valence electrons. The Labute approximate surface area is 183 Å². The SMILES string of the molecule is N#Cc1ccc(C(=O)NC(C(=O)NCc2ccccc2N)c2ccc(Cl)cc2)cc1F. The molecule has 0 heterocycles. The molecule has 0 radical (unpaired) electrons. The first-order valence-corrected chi connectivity index (χ1v) is 9.64. The number of para-hydroxylation sites is 1. The highest BCUT2D eigenvalue weighted by Crippen LogP contribution is 2.19. The minimum Gasteiger partial charge on any atom is -0.398 e. The molecule has 3 rings (SSSR count). The van der Waals surface area contributed by atoms with Gasteiger partial charge in [0.15, 0.2) is 0 Å². The summed E-state index contributed by atoms with van der Waals surface area (Å²) in [5.74, 6) is -1.96. The van der Waals surface area contributed by atoms with Crippen LogP contribution < -0.4 is 16.4 Å². The van der Waals surface area contributed by atoms with Crippen LogP contribution in [0.15, 0.2) is 66.7 Å². The fraction of sp³-hybridized carbons (Fsp3) is 0.0870. The number of nitrogens with one attached hydrogen (secondary N) is 2. The molecule has 4 N–H and O–H groups in total. The number of anilines is 1. The topological polar surface area (TPSA) is 108 Å². The van der Waals surface area contributed by atoms with Crippen molar-refractivity contribution in [2.45, 2.75) is 12.6 Å². The molecule has 0 saturated heterocycles. The van der Waals surface area contributed by atoms with Crippen molar-refractivity contribution in [3.8, 4) is 6.07 Å². The van der Waals surface area contributed by atoms with E-state index in [-0.39, 0.29) is 17.7 Å². The second-order valence-corrected chi connectivity index (χ2v) is 7.12. The van der Waals surface area contributed by atoms with Crippen molar-refractivity contribution in [1.29, 1.82) is 5.26 Å². The maximum Gasteiger partial charge on any atom is 0.252 e. The molecule has 2 amide bonds. The van der Waals surface area contributed by atoms with Gasteiger partial charge in [0.05, 0.1) is 5.56 Å². The number of amides is 2. The quantitative estimate of drug-likeness (QED) is 0.512. The third-order valence-electron chi connectivity index (χ3n) is 4.60. The lowest BCUT2D eigenvalue weighted by atomic mass is 10.0. The average Bonchev–Trinajstić information content (AvgIpc) is 2.77. The van der Waals surface area contributed by atoms with E-state index < -0.39 is 23.7 Å². The first kappa shape index (κ1) is 21.8. The van der Waals surface area contributed by atoms with Crippen LogP contribution in [0.4, 0.5) is 10.1 Å². The zero-order valence-corrected chi connectivity index (χ0v) is 17.0. The summed E-state index contributed by atoms with van der Waals surface area (Å²) in [6.07, 6.45) is 0. The van der Waals surface area contributed by atoms with Crippen LogP contribution in [0.5, 0.6) is 0 Å². The van der Waals surface area contributed by atoms with Gasteiger partial charge in [-0.2, -0.15) is 5.26 Å². The maximum absolute atomic E-state index is 13.9. The van der Waals surface area contributed by atoms with Gasteiger partial charge in [0.2, 0.25) is 5.91 Å². The first-order valence-electron chi connectivity index (χ1n) is 9.26. The molecule has 0 bridgehead atoms. The molecule has 3 aromatic carbocycles. The molecule has 0 aliphatic rings. The number of nitriles is 1. The van der Waals surface area contributed by atoms with E-state index in [0.717, 1.165) is 11.6 Å². The van der Waals surface area contributed by atoms with Gasteiger partial charge in [-0.15, -0.1) is 0 Å². The third-order valence-corrected chi connectivity index (χ3v) is 4.85. The third kappa shape index (κ3) is 5.38. The highest BCUT2D eigenvalue weighted by Gasteiger charge is 2.24. The van der Waals surface area contributed by atoms with Gasteiger partial charge < -0.3 is 16.4 Å². The molecule has 31 heavy (non-hydrogen) atoms. The van der Waals surface area contributed by atoms with Crippen molar-refractivity contribution < 1.29 is 14.0 Å². The number of rotatable bonds is 6. The number of carbonyl (C=O) groups is 2. The van der Waals surface area contributed by atoms with Crippen LogP contribution in [0.2, 0.25) is 5.02 Å². The lowest BCUT2D eigenvalue weighted by Crippen LogP contribution is -2.40. The number of nitrogen functional groups attached to an aromatic ring is 1. The molecule has 6 nitrogen and oxygen atoms in total. The summed E-state index contributed by atoms with van der Waals surface area (Å²) in [5.41, 5.74) is 7.47. The second kappa shape index (κ2) is 9.74. The molecular weight excluding hydrogens is 419 g/mol. The molecule has 0 aliphatic heterocycles. The number of hydrogen-bond acceptors (Lipinski definition) is 4. The number of hydrogen-bond donors (Lipinski definition) is 3. The standard InChI is InChI=1S/C23H18ClFN4O2/c24-18-9-7-14(8-10-18)21(23(31)28-13-17-3-1-2-4-20(17)27)29-22(30)15-5-6-16(12-26)19(25)11-15/h1-11,21H,13,27H2,(H,28,31)(H,29,30). The summed E-state index contributed by atoms with van der Waals surface area (Å²) >= 11 is 5.93. The Balaban J connectivity index is 1.82. The van der Waals surface area contributed by atoms with Gasteiger partial charge in [-0.25, -0.2) is 4.39 Å². The summed E-state index contributed by atoms with van der Waals surface area (Å²) in [4.78, 5) is 25.6. The molecule has 1 atom stereocenters. The highest BCUT2D eigenvalue weighted by atomic mass is 35.5. The van der Waals surface area contributed by atoms with Gasteiger partial charge in [-0.1, -0.05) is 41.9 Å². The average molecular weight is 437 g/mol. The van der Waals surface area contributed by atoms with Crippen molar-refractivity contribution in [2.75, 3.05) is 5.73 Å². The molecule has 0 spiro atoms. The van der Waals surface area contributed by atoms with Crippen LogP contribution >= 0.6 is 11.6 Å². The number of nitrogens with two attached hydrogens (primary N) is 1. The Hall–Kier alpha value is -3.89. The Bertz CT molecular complexity index is 1160. The predicted molar refractivity (Wildman–Crippen MR) is 115 cm³/mol. The fourth-order valence-electron chi connectivity index (χ4n) is 2.90. The van der Waals surface area contributed by atoms with Crippen molar-refractivity contribution >= 4 is 29.1 Å². The normalized spacial score (nSPS) is 11.3. The molecule has 0 aromatic heterocycles. The summed E-state index contributed by atoms with van der Waals surface area (Å²) < 4.78 is 13.9. The van der Waals surface area contributed by atoms with Crippen LogP contribution in [-0.4, -0.2) is 11.8 Å². The summed E-state index contributed by atoms with van der Waals surface area (Å²) in [6, 6.07) is 17.6. The van der Waals surface area contributed by atoms with E-state index in [1.54, 1.807) is 54.6 Å². The lowest BCUT2D eigenvalue weighted by molar-refractivity contribution is -0.123. The summed E-state index contributed by atoms with van der Waals surface area (Å²) in [6.45, 7) is 0.164. The van der Waals surface area contributed by atoms with Gasteiger partial charge in [0.1, 0.15) is 17.9 Å². The molecule has 0 saturated carbocycles. The Kier molecular flexibility index (Phi) is 6.85. The Morgan fingerprint density at radius 3 is 2.45 bits per heavy atom. The molecule has 0 aliphatic carbocycles. The van der Waals surface area contributed by atoms with Crippen molar-refractivity contribution in [1.82, 2.24) is 10.6 Å². The van der Waals surface area contributed by atoms with Crippen LogP contribution in [-0.2, 0) is 11.3 Å². The Morgan fingerprint density at radius 1 is 1.10 bits per heavy atom. The smallest absolute Gasteiger partial charge is 0.252 e. The molecular formula is C23H18ClFN4O2. The number of nitrogens with zero attached hydrogens (tertiary/aromatic N) is 1. The van der Waals surface area contributed by atoms with Gasteiger partial charge in [0.25, 0.3) is 5.91 Å². The second-order valence-electron chi connectivity index (χ2n) is 6.68. The molecule has 3 aromatic rings. The van der Waals surface area contributed by atoms with Crippen molar-refractivity contribution in [3.05, 3.63) is 99.8 Å². The zero-order valence-electron chi connectivity index (χ0n) is 16.2. The van der Waals surface area contributed by atoms with Gasteiger partial charge in [-0.05, 0) is 47.5 Å².